The van der Waals surface area contributed by atoms with Crippen LogP contribution in [-0.4, -0.2) is 19.3 Å². The third kappa shape index (κ3) is 2.44. The van der Waals surface area contributed by atoms with Crippen molar-refractivity contribution >= 4 is 24.5 Å². The molecule has 2 aromatic rings. The van der Waals surface area contributed by atoms with Gasteiger partial charge in [0.05, 0.1) is 9.06 Å². The molecule has 1 unspecified atom stereocenters. The molecule has 0 fully saturated rings. The third-order valence-corrected chi connectivity index (χ3v) is 3.70. The first-order valence-electron chi connectivity index (χ1n) is 6.02. The SMILES string of the molecule is C=c1sc(=C)c2c1OCC(COc1ccccc1)O2. The van der Waals surface area contributed by atoms with Crippen molar-refractivity contribution in [2.24, 2.45) is 0 Å². The Bertz CT molecular complexity index is 663. The summed E-state index contributed by atoms with van der Waals surface area (Å²) < 4.78 is 18.9. The summed E-state index contributed by atoms with van der Waals surface area (Å²) in [7, 11) is 0. The Hall–Kier alpha value is -1.94. The quantitative estimate of drug-likeness (QED) is 0.854. The number of para-hydroxylation sites is 1. The second-order valence-corrected chi connectivity index (χ2v) is 5.47. The van der Waals surface area contributed by atoms with Gasteiger partial charge in [-0.15, -0.1) is 11.3 Å². The Morgan fingerprint density at radius 3 is 2.68 bits per heavy atom. The van der Waals surface area contributed by atoms with Crippen LogP contribution in [0.1, 0.15) is 0 Å². The molecule has 0 radical (unpaired) electrons. The predicted octanol–water partition coefficient (Wildman–Crippen LogP) is 1.79. The minimum Gasteiger partial charge on any atom is -0.490 e. The molecule has 0 aliphatic carbocycles. The Morgan fingerprint density at radius 1 is 1.16 bits per heavy atom. The van der Waals surface area contributed by atoms with E-state index in [1.807, 2.05) is 30.3 Å². The van der Waals surface area contributed by atoms with Crippen molar-refractivity contribution in [2.45, 2.75) is 6.10 Å². The van der Waals surface area contributed by atoms with Gasteiger partial charge in [0.25, 0.3) is 0 Å². The molecule has 1 aromatic carbocycles. The van der Waals surface area contributed by atoms with E-state index in [-0.39, 0.29) is 6.10 Å². The summed E-state index contributed by atoms with van der Waals surface area (Å²) in [6.45, 7) is 8.78. The maximum absolute atomic E-state index is 5.86. The van der Waals surface area contributed by atoms with Crippen molar-refractivity contribution < 1.29 is 14.2 Å². The summed E-state index contributed by atoms with van der Waals surface area (Å²) in [5, 5.41) is 0. The van der Waals surface area contributed by atoms with Gasteiger partial charge in [-0.25, -0.2) is 0 Å². The van der Waals surface area contributed by atoms with E-state index in [0.717, 1.165) is 20.6 Å². The van der Waals surface area contributed by atoms with E-state index in [1.165, 1.54) is 11.3 Å². The minimum absolute atomic E-state index is 0.123. The Morgan fingerprint density at radius 2 is 1.89 bits per heavy atom. The first-order valence-corrected chi connectivity index (χ1v) is 6.83. The second-order valence-electron chi connectivity index (χ2n) is 4.28. The van der Waals surface area contributed by atoms with Gasteiger partial charge in [0.15, 0.2) is 17.6 Å². The van der Waals surface area contributed by atoms with Gasteiger partial charge in [-0.2, -0.15) is 0 Å². The molecule has 1 atom stereocenters. The van der Waals surface area contributed by atoms with Crippen molar-refractivity contribution in [3.05, 3.63) is 39.4 Å². The summed E-state index contributed by atoms with van der Waals surface area (Å²) >= 11 is 1.49. The van der Waals surface area contributed by atoms with Crippen LogP contribution >= 0.6 is 11.3 Å². The van der Waals surface area contributed by atoms with Crippen LogP contribution in [0, 0.1) is 0 Å². The fourth-order valence-electron chi connectivity index (χ4n) is 1.92. The Kier molecular flexibility index (Phi) is 3.17. The van der Waals surface area contributed by atoms with Gasteiger partial charge in [0.1, 0.15) is 19.0 Å². The van der Waals surface area contributed by atoms with Crippen LogP contribution in [0.25, 0.3) is 13.2 Å². The molecule has 1 aromatic heterocycles. The molecule has 0 saturated carbocycles. The smallest absolute Gasteiger partial charge is 0.180 e. The summed E-state index contributed by atoms with van der Waals surface area (Å²) in [6.07, 6.45) is -0.123. The zero-order valence-electron chi connectivity index (χ0n) is 10.4. The van der Waals surface area contributed by atoms with E-state index in [1.54, 1.807) is 0 Å². The zero-order chi connectivity index (χ0) is 13.2. The molecule has 4 heteroatoms. The van der Waals surface area contributed by atoms with Crippen LogP contribution in [0.3, 0.4) is 0 Å². The van der Waals surface area contributed by atoms with Crippen molar-refractivity contribution in [3.8, 4) is 17.2 Å². The highest BCUT2D eigenvalue weighted by Crippen LogP contribution is 2.26. The molecule has 0 bridgehead atoms. The highest BCUT2D eigenvalue weighted by atomic mass is 32.1. The Labute approximate surface area is 115 Å². The van der Waals surface area contributed by atoms with Gasteiger partial charge in [-0.05, 0) is 12.1 Å². The average Bonchev–Trinajstić information content (AvgIpc) is 2.73. The molecule has 2 heterocycles. The van der Waals surface area contributed by atoms with Crippen molar-refractivity contribution in [1.82, 2.24) is 0 Å². The predicted molar refractivity (Wildman–Crippen MR) is 76.5 cm³/mol. The fraction of sp³-hybridized carbons (Fsp3) is 0.200. The first-order chi connectivity index (χ1) is 9.24. The van der Waals surface area contributed by atoms with Crippen LogP contribution < -0.4 is 23.3 Å². The van der Waals surface area contributed by atoms with Gasteiger partial charge in [0.2, 0.25) is 0 Å². The summed E-state index contributed by atoms with van der Waals surface area (Å²) in [4.78, 5) is 0. The molecular formula is C15H14O3S. The summed E-state index contributed by atoms with van der Waals surface area (Å²) in [5.74, 6) is 2.27. The number of hydrogen-bond donors (Lipinski definition) is 0. The normalized spacial score (nSPS) is 17.2. The average molecular weight is 274 g/mol. The van der Waals surface area contributed by atoms with Gasteiger partial charge >= 0.3 is 0 Å². The highest BCUT2D eigenvalue weighted by molar-refractivity contribution is 7.08. The standard InChI is InChI=1S/C15H14O3S/c1-10-14-15(11(2)19-10)18-13(9-17-14)8-16-12-6-4-3-5-7-12/h3-7,13H,1-2,8-9H2. The lowest BCUT2D eigenvalue weighted by atomic mass is 10.3. The molecule has 0 spiro atoms. The van der Waals surface area contributed by atoms with Gasteiger partial charge in [-0.3, -0.25) is 0 Å². The molecule has 0 N–H and O–H groups in total. The fourth-order valence-corrected chi connectivity index (χ4v) is 2.70. The molecule has 3 nitrogen and oxygen atoms in total. The van der Waals surface area contributed by atoms with E-state index in [2.05, 4.69) is 13.2 Å². The molecule has 1 aliphatic heterocycles. The molecule has 1 aliphatic rings. The van der Waals surface area contributed by atoms with Crippen LogP contribution in [0.2, 0.25) is 0 Å². The molecule has 0 amide bonds. The van der Waals surface area contributed by atoms with E-state index >= 15 is 0 Å². The van der Waals surface area contributed by atoms with Crippen LogP contribution in [0.15, 0.2) is 30.3 Å². The maximum Gasteiger partial charge on any atom is 0.180 e. The van der Waals surface area contributed by atoms with Crippen LogP contribution in [0.5, 0.6) is 17.2 Å². The second kappa shape index (κ2) is 4.97. The van der Waals surface area contributed by atoms with Crippen molar-refractivity contribution in [2.75, 3.05) is 13.2 Å². The maximum atomic E-state index is 5.86. The summed E-state index contributed by atoms with van der Waals surface area (Å²) in [6, 6.07) is 9.66. The van der Waals surface area contributed by atoms with E-state index in [9.17, 15) is 0 Å². The largest absolute Gasteiger partial charge is 0.490 e. The summed E-state index contributed by atoms with van der Waals surface area (Å²) in [5.41, 5.74) is 0. The van der Waals surface area contributed by atoms with Crippen LogP contribution in [-0.2, 0) is 0 Å². The lowest BCUT2D eigenvalue weighted by molar-refractivity contribution is 0.0533. The van der Waals surface area contributed by atoms with Gasteiger partial charge in [-0.1, -0.05) is 31.4 Å². The number of benzene rings is 1. The van der Waals surface area contributed by atoms with Crippen molar-refractivity contribution in [3.63, 3.8) is 0 Å². The first kappa shape index (κ1) is 12.1. The molecule has 98 valence electrons. The topological polar surface area (TPSA) is 27.7 Å². The van der Waals surface area contributed by atoms with Crippen molar-refractivity contribution in [1.29, 1.82) is 0 Å². The van der Waals surface area contributed by atoms with E-state index in [0.29, 0.717) is 19.0 Å². The molecule has 3 rings (SSSR count). The number of fused-ring (bicyclic) bond motifs is 1. The van der Waals surface area contributed by atoms with Crippen LogP contribution in [0.4, 0.5) is 0 Å². The molecule has 0 saturated heterocycles. The number of rotatable bonds is 3. The van der Waals surface area contributed by atoms with Gasteiger partial charge < -0.3 is 14.2 Å². The van der Waals surface area contributed by atoms with E-state index < -0.39 is 0 Å². The Balaban J connectivity index is 1.68. The highest BCUT2D eigenvalue weighted by Gasteiger charge is 2.24. The van der Waals surface area contributed by atoms with E-state index in [4.69, 9.17) is 14.2 Å². The number of hydrogen-bond acceptors (Lipinski definition) is 4. The molecule has 19 heavy (non-hydrogen) atoms. The zero-order valence-corrected chi connectivity index (χ0v) is 11.2. The lowest BCUT2D eigenvalue weighted by Crippen LogP contribution is -2.36. The monoisotopic (exact) mass is 274 g/mol. The lowest BCUT2D eigenvalue weighted by Gasteiger charge is -2.24. The minimum atomic E-state index is -0.123. The number of ether oxygens (including phenoxy) is 3. The van der Waals surface area contributed by atoms with Gasteiger partial charge in [0, 0.05) is 0 Å². The number of thiophene rings is 1. The third-order valence-electron chi connectivity index (χ3n) is 2.84. The molecular weight excluding hydrogens is 260 g/mol.